The van der Waals surface area contributed by atoms with Gasteiger partial charge in [0.25, 0.3) is 0 Å². The largest absolute Gasteiger partial charge is 0.573 e. The lowest BCUT2D eigenvalue weighted by molar-refractivity contribution is -0.274. The van der Waals surface area contributed by atoms with Crippen molar-refractivity contribution in [2.24, 2.45) is 5.73 Å². The molecule has 7 heteroatoms. The molecule has 0 saturated heterocycles. The molecule has 4 N–H and O–H groups in total. The van der Waals surface area contributed by atoms with Crippen LogP contribution in [0.25, 0.3) is 0 Å². The summed E-state index contributed by atoms with van der Waals surface area (Å²) in [6, 6.07) is 5.11. The van der Waals surface area contributed by atoms with Gasteiger partial charge < -0.3 is 20.9 Å². The lowest BCUT2D eigenvalue weighted by Gasteiger charge is -2.09. The number of aliphatic hydroxyl groups excluding tert-OH is 1. The number of rotatable bonds is 4. The molecule has 17 heavy (non-hydrogen) atoms. The van der Waals surface area contributed by atoms with Crippen molar-refractivity contribution in [1.29, 1.82) is 0 Å². The Morgan fingerprint density at radius 3 is 2.41 bits per heavy atom. The summed E-state index contributed by atoms with van der Waals surface area (Å²) in [5, 5.41) is 11.3. The third-order valence-electron chi connectivity index (χ3n) is 1.69. The van der Waals surface area contributed by atoms with E-state index in [0.717, 1.165) is 0 Å². The van der Waals surface area contributed by atoms with Gasteiger partial charge in [0.1, 0.15) is 5.75 Å². The summed E-state index contributed by atoms with van der Waals surface area (Å²) >= 11 is 0. The van der Waals surface area contributed by atoms with E-state index >= 15 is 0 Å². The van der Waals surface area contributed by atoms with Gasteiger partial charge in [-0.2, -0.15) is 0 Å². The normalized spacial score (nSPS) is 12.4. The van der Waals surface area contributed by atoms with E-state index in [1.807, 2.05) is 0 Å². The standard InChI is InChI=1S/C10H11F3N2O2/c11-10(12,13)17-9-3-1-8(2-4-9)15-5-7(14)6-16/h1-5,15-16H,6,14H2/b7-5-. The van der Waals surface area contributed by atoms with E-state index in [0.29, 0.717) is 5.69 Å². The predicted molar refractivity (Wildman–Crippen MR) is 56.1 cm³/mol. The minimum absolute atomic E-state index is 0.209. The van der Waals surface area contributed by atoms with Crippen LogP contribution in [-0.2, 0) is 0 Å². The van der Waals surface area contributed by atoms with Gasteiger partial charge >= 0.3 is 6.36 Å². The lowest BCUT2D eigenvalue weighted by atomic mass is 10.3. The number of halogens is 3. The number of alkyl halides is 3. The van der Waals surface area contributed by atoms with E-state index < -0.39 is 6.36 Å². The molecule has 94 valence electrons. The van der Waals surface area contributed by atoms with Gasteiger partial charge in [0.05, 0.1) is 12.3 Å². The number of ether oxygens (including phenoxy) is 1. The Labute approximate surface area is 95.5 Å². The van der Waals surface area contributed by atoms with Gasteiger partial charge in [-0.25, -0.2) is 0 Å². The maximum Gasteiger partial charge on any atom is 0.573 e. The third kappa shape index (κ3) is 5.12. The number of hydrogen-bond acceptors (Lipinski definition) is 4. The smallest absolute Gasteiger partial charge is 0.406 e. The Morgan fingerprint density at radius 2 is 1.94 bits per heavy atom. The molecule has 0 radical (unpaired) electrons. The molecule has 1 aromatic rings. The molecule has 0 aromatic heterocycles. The first-order valence-electron chi connectivity index (χ1n) is 4.58. The SMILES string of the molecule is N/C(=C\Nc1ccc(OC(F)(F)F)cc1)CO. The highest BCUT2D eigenvalue weighted by atomic mass is 19.4. The maximum absolute atomic E-state index is 11.8. The van der Waals surface area contributed by atoms with Crippen LogP contribution >= 0.6 is 0 Å². The van der Waals surface area contributed by atoms with Gasteiger partial charge in [-0.15, -0.1) is 13.2 Å². The van der Waals surface area contributed by atoms with Crippen LogP contribution in [0.4, 0.5) is 18.9 Å². The topological polar surface area (TPSA) is 67.5 Å². The maximum atomic E-state index is 11.8. The van der Waals surface area contributed by atoms with Crippen LogP contribution in [-0.4, -0.2) is 18.1 Å². The Balaban J connectivity index is 2.62. The quantitative estimate of drug-likeness (QED) is 0.760. The molecule has 0 saturated carbocycles. The highest BCUT2D eigenvalue weighted by Crippen LogP contribution is 2.23. The van der Waals surface area contributed by atoms with E-state index in [2.05, 4.69) is 10.1 Å². The van der Waals surface area contributed by atoms with Gasteiger partial charge in [0, 0.05) is 11.9 Å². The molecular weight excluding hydrogens is 237 g/mol. The van der Waals surface area contributed by atoms with E-state index in [4.69, 9.17) is 10.8 Å². The second-order valence-corrected chi connectivity index (χ2v) is 3.09. The summed E-state index contributed by atoms with van der Waals surface area (Å²) in [4.78, 5) is 0. The molecular formula is C10H11F3N2O2. The van der Waals surface area contributed by atoms with Crippen molar-refractivity contribution in [3.8, 4) is 5.75 Å². The van der Waals surface area contributed by atoms with Crippen molar-refractivity contribution >= 4 is 5.69 Å². The Bertz CT molecular complexity index is 388. The van der Waals surface area contributed by atoms with Crippen molar-refractivity contribution in [3.05, 3.63) is 36.2 Å². The first-order chi connectivity index (χ1) is 7.90. The van der Waals surface area contributed by atoms with E-state index in [1.165, 1.54) is 30.5 Å². The number of anilines is 1. The Kier molecular flexibility index (Phi) is 4.22. The van der Waals surface area contributed by atoms with Crippen molar-refractivity contribution < 1.29 is 23.0 Å². The average Bonchev–Trinajstić information content (AvgIpc) is 2.25. The van der Waals surface area contributed by atoms with E-state index in [-0.39, 0.29) is 18.1 Å². The summed E-state index contributed by atoms with van der Waals surface area (Å²) in [6.45, 7) is -0.303. The molecule has 1 aromatic carbocycles. The van der Waals surface area contributed by atoms with E-state index in [1.54, 1.807) is 0 Å². The fourth-order valence-corrected chi connectivity index (χ4v) is 0.975. The van der Waals surface area contributed by atoms with Gasteiger partial charge in [-0.1, -0.05) is 0 Å². The van der Waals surface area contributed by atoms with Crippen LogP contribution in [0.15, 0.2) is 36.2 Å². The molecule has 0 aliphatic carbocycles. The zero-order chi connectivity index (χ0) is 12.9. The van der Waals surface area contributed by atoms with Gasteiger partial charge in [0.15, 0.2) is 0 Å². The fourth-order valence-electron chi connectivity index (χ4n) is 0.975. The summed E-state index contributed by atoms with van der Waals surface area (Å²) in [7, 11) is 0. The summed E-state index contributed by atoms with van der Waals surface area (Å²) < 4.78 is 39.2. The number of nitrogens with one attached hydrogen (secondary N) is 1. The van der Waals surface area contributed by atoms with Crippen LogP contribution in [0.3, 0.4) is 0 Å². The fraction of sp³-hybridized carbons (Fsp3) is 0.200. The molecule has 0 heterocycles. The number of aliphatic hydroxyl groups is 1. The van der Waals surface area contributed by atoms with Crippen LogP contribution in [0.5, 0.6) is 5.75 Å². The molecule has 0 fully saturated rings. The highest BCUT2D eigenvalue weighted by molar-refractivity contribution is 5.48. The Morgan fingerprint density at radius 1 is 1.35 bits per heavy atom. The first-order valence-corrected chi connectivity index (χ1v) is 4.58. The van der Waals surface area contributed by atoms with Crippen LogP contribution < -0.4 is 15.8 Å². The van der Waals surface area contributed by atoms with E-state index in [9.17, 15) is 13.2 Å². The van der Waals surface area contributed by atoms with Crippen LogP contribution in [0, 0.1) is 0 Å². The van der Waals surface area contributed by atoms with Crippen molar-refractivity contribution in [1.82, 2.24) is 0 Å². The summed E-state index contributed by atoms with van der Waals surface area (Å²) in [5.41, 5.74) is 6.04. The lowest BCUT2D eigenvalue weighted by Crippen LogP contribution is -2.16. The molecule has 0 unspecified atom stereocenters. The van der Waals surface area contributed by atoms with Crippen molar-refractivity contribution in [2.45, 2.75) is 6.36 Å². The molecule has 0 amide bonds. The average molecular weight is 248 g/mol. The first kappa shape index (κ1) is 13.2. The summed E-state index contributed by atoms with van der Waals surface area (Å²) in [6.07, 6.45) is -3.35. The Hall–Kier alpha value is -1.89. The zero-order valence-electron chi connectivity index (χ0n) is 8.66. The molecule has 0 atom stereocenters. The predicted octanol–water partition coefficient (Wildman–Crippen LogP) is 1.79. The molecule has 1 rings (SSSR count). The monoisotopic (exact) mass is 248 g/mol. The van der Waals surface area contributed by atoms with Gasteiger partial charge in [-0.3, -0.25) is 0 Å². The number of benzene rings is 1. The summed E-state index contributed by atoms with van der Waals surface area (Å²) in [5.74, 6) is -0.304. The van der Waals surface area contributed by atoms with Crippen molar-refractivity contribution in [3.63, 3.8) is 0 Å². The van der Waals surface area contributed by atoms with Crippen molar-refractivity contribution in [2.75, 3.05) is 11.9 Å². The molecule has 0 aliphatic rings. The molecule has 0 aliphatic heterocycles. The molecule has 0 bridgehead atoms. The number of hydrogen-bond donors (Lipinski definition) is 3. The molecule has 0 spiro atoms. The molecule has 4 nitrogen and oxygen atoms in total. The van der Waals surface area contributed by atoms with Gasteiger partial charge in [-0.05, 0) is 24.3 Å². The second kappa shape index (κ2) is 5.44. The highest BCUT2D eigenvalue weighted by Gasteiger charge is 2.30. The van der Waals surface area contributed by atoms with Crippen LogP contribution in [0.2, 0.25) is 0 Å². The zero-order valence-corrected chi connectivity index (χ0v) is 8.66. The second-order valence-electron chi connectivity index (χ2n) is 3.09. The number of nitrogens with two attached hydrogens (primary N) is 1. The minimum Gasteiger partial charge on any atom is -0.406 e. The minimum atomic E-state index is -4.70. The van der Waals surface area contributed by atoms with Gasteiger partial charge in [0.2, 0.25) is 0 Å². The third-order valence-corrected chi connectivity index (χ3v) is 1.69. The van der Waals surface area contributed by atoms with Crippen LogP contribution in [0.1, 0.15) is 0 Å².